The molecule has 0 fully saturated rings. The van der Waals surface area contributed by atoms with Crippen molar-refractivity contribution in [2.24, 2.45) is 5.92 Å². The van der Waals surface area contributed by atoms with Crippen molar-refractivity contribution >= 4 is 16.9 Å². The van der Waals surface area contributed by atoms with E-state index in [4.69, 9.17) is 4.74 Å². The van der Waals surface area contributed by atoms with Crippen molar-refractivity contribution in [2.75, 3.05) is 6.61 Å². The molecular weight excluding hydrogens is 326 g/mol. The zero-order valence-electron chi connectivity index (χ0n) is 15.7. The lowest BCUT2D eigenvalue weighted by Crippen LogP contribution is -2.35. The molecule has 0 spiro atoms. The number of rotatable bonds is 6. The zero-order chi connectivity index (χ0) is 18.7. The fraction of sp³-hybridized carbons (Fsp3) is 0.333. The summed E-state index contributed by atoms with van der Waals surface area (Å²) in [4.78, 5) is 20.3. The third-order valence-electron chi connectivity index (χ3n) is 4.53. The van der Waals surface area contributed by atoms with Gasteiger partial charge in [0.25, 0.3) is 5.91 Å². The molecule has 0 aliphatic heterocycles. The highest BCUT2D eigenvalue weighted by atomic mass is 16.5. The molecule has 1 heterocycles. The molecule has 0 saturated heterocycles. The van der Waals surface area contributed by atoms with Crippen LogP contribution in [0.3, 0.4) is 0 Å². The average Bonchev–Trinajstić information content (AvgIpc) is 3.04. The van der Waals surface area contributed by atoms with Crippen LogP contribution in [0, 0.1) is 19.8 Å². The molecule has 26 heavy (non-hydrogen) atoms. The lowest BCUT2D eigenvalue weighted by molar-refractivity contribution is -0.124. The number of hydrogen-bond acceptors (Lipinski definition) is 3. The molecule has 5 heteroatoms. The number of aromatic amines is 1. The van der Waals surface area contributed by atoms with Crippen LogP contribution in [0.15, 0.2) is 42.5 Å². The molecule has 5 nitrogen and oxygen atoms in total. The average molecular weight is 351 g/mol. The molecule has 0 aliphatic rings. The monoisotopic (exact) mass is 351 g/mol. The van der Waals surface area contributed by atoms with Gasteiger partial charge in [0.05, 0.1) is 17.1 Å². The van der Waals surface area contributed by atoms with E-state index in [0.717, 1.165) is 22.4 Å². The fourth-order valence-corrected chi connectivity index (χ4v) is 2.84. The number of hydrogen-bond donors (Lipinski definition) is 2. The van der Waals surface area contributed by atoms with Gasteiger partial charge >= 0.3 is 0 Å². The van der Waals surface area contributed by atoms with Crippen LogP contribution < -0.4 is 10.1 Å². The number of para-hydroxylation sites is 2. The summed E-state index contributed by atoms with van der Waals surface area (Å²) in [5.74, 6) is 1.50. The largest absolute Gasteiger partial charge is 0.484 e. The Hall–Kier alpha value is -2.82. The van der Waals surface area contributed by atoms with Crippen molar-refractivity contribution in [1.29, 1.82) is 0 Å². The van der Waals surface area contributed by atoms with Crippen LogP contribution in [0.5, 0.6) is 5.75 Å². The first kappa shape index (κ1) is 18.0. The van der Waals surface area contributed by atoms with Gasteiger partial charge in [0.1, 0.15) is 11.6 Å². The van der Waals surface area contributed by atoms with Gasteiger partial charge in [0.15, 0.2) is 6.61 Å². The summed E-state index contributed by atoms with van der Waals surface area (Å²) in [6, 6.07) is 13.5. The third kappa shape index (κ3) is 4.04. The van der Waals surface area contributed by atoms with Crippen LogP contribution in [0.2, 0.25) is 0 Å². The van der Waals surface area contributed by atoms with Crippen molar-refractivity contribution in [3.8, 4) is 5.75 Å². The van der Waals surface area contributed by atoms with E-state index in [9.17, 15) is 4.79 Å². The summed E-state index contributed by atoms with van der Waals surface area (Å²) in [5.41, 5.74) is 4.21. The third-order valence-corrected chi connectivity index (χ3v) is 4.53. The standard InChI is InChI=1S/C21H25N3O2/c1-13(2)20(21-22-17-7-5-6-8-18(17)23-21)24-19(25)12-26-16-10-9-14(3)15(4)11-16/h5-11,13,20H,12H2,1-4H3,(H,22,23)(H,24,25)/t20-/m0/s1. The Bertz CT molecular complexity index is 882. The molecule has 1 amide bonds. The van der Waals surface area contributed by atoms with Gasteiger partial charge in [-0.2, -0.15) is 0 Å². The minimum Gasteiger partial charge on any atom is -0.484 e. The summed E-state index contributed by atoms with van der Waals surface area (Å²) in [6.45, 7) is 8.17. The number of ether oxygens (including phenoxy) is 1. The summed E-state index contributed by atoms with van der Waals surface area (Å²) in [6.07, 6.45) is 0. The van der Waals surface area contributed by atoms with Gasteiger partial charge in [-0.05, 0) is 55.2 Å². The maximum Gasteiger partial charge on any atom is 0.258 e. The maximum atomic E-state index is 12.4. The predicted molar refractivity (Wildman–Crippen MR) is 103 cm³/mol. The molecule has 0 unspecified atom stereocenters. The first-order chi connectivity index (χ1) is 12.4. The molecule has 0 aliphatic carbocycles. The molecule has 0 saturated carbocycles. The van der Waals surface area contributed by atoms with Gasteiger partial charge in [-0.3, -0.25) is 4.79 Å². The number of fused-ring (bicyclic) bond motifs is 1. The zero-order valence-corrected chi connectivity index (χ0v) is 15.7. The van der Waals surface area contributed by atoms with E-state index >= 15 is 0 Å². The molecule has 2 N–H and O–H groups in total. The van der Waals surface area contributed by atoms with Crippen molar-refractivity contribution in [3.63, 3.8) is 0 Å². The summed E-state index contributed by atoms with van der Waals surface area (Å²) < 4.78 is 5.64. The Morgan fingerprint density at radius 1 is 1.15 bits per heavy atom. The second-order valence-electron chi connectivity index (χ2n) is 6.96. The number of aromatic nitrogens is 2. The molecule has 1 atom stereocenters. The van der Waals surface area contributed by atoms with E-state index in [1.54, 1.807) is 0 Å². The highest BCUT2D eigenvalue weighted by molar-refractivity contribution is 5.78. The number of carbonyl (C=O) groups is 1. The predicted octanol–water partition coefficient (Wildman–Crippen LogP) is 4.07. The molecule has 2 aromatic carbocycles. The number of imidazole rings is 1. The Morgan fingerprint density at radius 2 is 1.92 bits per heavy atom. The lowest BCUT2D eigenvalue weighted by Gasteiger charge is -2.20. The van der Waals surface area contributed by atoms with E-state index in [1.807, 2.05) is 56.3 Å². The fourth-order valence-electron chi connectivity index (χ4n) is 2.84. The molecule has 0 bridgehead atoms. The van der Waals surface area contributed by atoms with Crippen LogP contribution >= 0.6 is 0 Å². The van der Waals surface area contributed by atoms with E-state index in [0.29, 0.717) is 5.75 Å². The number of nitrogens with zero attached hydrogens (tertiary/aromatic N) is 1. The normalized spacial score (nSPS) is 12.3. The second kappa shape index (κ2) is 7.60. The van der Waals surface area contributed by atoms with Crippen molar-refractivity contribution < 1.29 is 9.53 Å². The number of nitrogens with one attached hydrogen (secondary N) is 2. The molecule has 3 rings (SSSR count). The van der Waals surface area contributed by atoms with Gasteiger partial charge in [-0.15, -0.1) is 0 Å². The first-order valence-electron chi connectivity index (χ1n) is 8.88. The quantitative estimate of drug-likeness (QED) is 0.703. The first-order valence-corrected chi connectivity index (χ1v) is 8.88. The maximum absolute atomic E-state index is 12.4. The SMILES string of the molecule is Cc1ccc(OCC(=O)N[C@H](c2nc3ccccc3[nH]2)C(C)C)cc1C. The van der Waals surface area contributed by atoms with Gasteiger partial charge in [0.2, 0.25) is 0 Å². The van der Waals surface area contributed by atoms with Crippen LogP contribution in [0.4, 0.5) is 0 Å². The topological polar surface area (TPSA) is 67.0 Å². The minimum absolute atomic E-state index is 0.0219. The Morgan fingerprint density at radius 3 is 2.62 bits per heavy atom. The molecule has 0 radical (unpaired) electrons. The van der Waals surface area contributed by atoms with E-state index in [-0.39, 0.29) is 24.5 Å². The summed E-state index contributed by atoms with van der Waals surface area (Å²) in [7, 11) is 0. The van der Waals surface area contributed by atoms with Crippen LogP contribution in [0.25, 0.3) is 11.0 Å². The Kier molecular flexibility index (Phi) is 5.26. The van der Waals surface area contributed by atoms with Gasteiger partial charge in [-0.25, -0.2) is 4.98 Å². The Balaban J connectivity index is 1.67. The van der Waals surface area contributed by atoms with Crippen LogP contribution in [-0.4, -0.2) is 22.5 Å². The smallest absolute Gasteiger partial charge is 0.258 e. The van der Waals surface area contributed by atoms with E-state index < -0.39 is 0 Å². The molecular formula is C21H25N3O2. The number of H-pyrrole nitrogens is 1. The minimum atomic E-state index is -0.196. The summed E-state index contributed by atoms with van der Waals surface area (Å²) in [5, 5.41) is 3.03. The van der Waals surface area contributed by atoms with Crippen molar-refractivity contribution in [2.45, 2.75) is 33.7 Å². The van der Waals surface area contributed by atoms with Crippen molar-refractivity contribution in [1.82, 2.24) is 15.3 Å². The number of amides is 1. The lowest BCUT2D eigenvalue weighted by atomic mass is 10.0. The van der Waals surface area contributed by atoms with E-state index in [2.05, 4.69) is 29.1 Å². The molecule has 1 aromatic heterocycles. The highest BCUT2D eigenvalue weighted by Gasteiger charge is 2.22. The number of carbonyl (C=O) groups excluding carboxylic acids is 1. The summed E-state index contributed by atoms with van der Waals surface area (Å²) >= 11 is 0. The second-order valence-corrected chi connectivity index (χ2v) is 6.96. The van der Waals surface area contributed by atoms with Gasteiger partial charge < -0.3 is 15.0 Å². The number of benzene rings is 2. The number of aryl methyl sites for hydroxylation is 2. The van der Waals surface area contributed by atoms with Crippen LogP contribution in [-0.2, 0) is 4.79 Å². The van der Waals surface area contributed by atoms with E-state index in [1.165, 1.54) is 5.56 Å². The molecule has 136 valence electrons. The van der Waals surface area contributed by atoms with Gasteiger partial charge in [0, 0.05) is 0 Å². The highest BCUT2D eigenvalue weighted by Crippen LogP contribution is 2.22. The Labute approximate surface area is 153 Å². The van der Waals surface area contributed by atoms with Crippen molar-refractivity contribution in [3.05, 3.63) is 59.4 Å². The van der Waals surface area contributed by atoms with Crippen LogP contribution in [0.1, 0.15) is 36.8 Å². The van der Waals surface area contributed by atoms with Gasteiger partial charge in [-0.1, -0.05) is 32.0 Å². The molecule has 3 aromatic rings.